The average molecular weight is 523 g/mol. The predicted octanol–water partition coefficient (Wildman–Crippen LogP) is 5.61. The van der Waals surface area contributed by atoms with Crippen molar-refractivity contribution >= 4 is 17.1 Å². The average Bonchev–Trinajstić information content (AvgIpc) is 3.30. The summed E-state index contributed by atoms with van der Waals surface area (Å²) in [6.07, 6.45) is 28.0. The first-order valence-corrected chi connectivity index (χ1v) is 13.6. The summed E-state index contributed by atoms with van der Waals surface area (Å²) in [6, 6.07) is 0. The molecule has 8 nitrogen and oxygen atoms in total. The molecule has 2 aromatic heterocycles. The van der Waals surface area contributed by atoms with Crippen LogP contribution in [-0.2, 0) is 24.8 Å². The number of fused-ring (bicyclic) bond motifs is 1. The smallest absolute Gasteiger partial charge is 0.332 e. The third-order valence-corrected chi connectivity index (χ3v) is 6.01. The van der Waals surface area contributed by atoms with Crippen molar-refractivity contribution in [2.75, 3.05) is 0 Å². The molecule has 0 bridgehead atoms. The van der Waals surface area contributed by atoms with Crippen molar-refractivity contribution in [3.05, 3.63) is 87.4 Å². The molecule has 2 N–H and O–H groups in total. The molecular weight excluding hydrogens is 480 g/mol. The van der Waals surface area contributed by atoms with Crippen LogP contribution in [0.3, 0.4) is 0 Å². The van der Waals surface area contributed by atoms with Crippen LogP contribution in [0.5, 0.6) is 0 Å². The summed E-state index contributed by atoms with van der Waals surface area (Å²) < 4.78 is 2.76. The minimum atomic E-state index is -0.952. The molecule has 2 heterocycles. The zero-order chi connectivity index (χ0) is 27.8. The predicted molar refractivity (Wildman–Crippen MR) is 154 cm³/mol. The molecule has 0 spiro atoms. The van der Waals surface area contributed by atoms with Gasteiger partial charge in [0.2, 0.25) is 0 Å². The van der Waals surface area contributed by atoms with E-state index in [1.54, 1.807) is 16.7 Å². The van der Waals surface area contributed by atoms with Gasteiger partial charge in [0.15, 0.2) is 5.65 Å². The summed E-state index contributed by atoms with van der Waals surface area (Å²) in [5.41, 5.74) is 0.266. The number of aromatic amines is 1. The summed E-state index contributed by atoms with van der Waals surface area (Å²) in [6.45, 7) is 4.62. The van der Waals surface area contributed by atoms with Crippen molar-refractivity contribution < 1.29 is 9.90 Å². The zero-order valence-corrected chi connectivity index (χ0v) is 22.9. The highest BCUT2D eigenvalue weighted by atomic mass is 16.4. The summed E-state index contributed by atoms with van der Waals surface area (Å²) in [5.74, 6) is 0.104. The number of aliphatic carboxylic acids is 1. The molecule has 8 heteroatoms. The van der Waals surface area contributed by atoms with E-state index in [9.17, 15) is 14.4 Å². The van der Waals surface area contributed by atoms with Gasteiger partial charge in [-0.05, 0) is 25.2 Å². The third-order valence-electron chi connectivity index (χ3n) is 6.01. The van der Waals surface area contributed by atoms with E-state index in [-0.39, 0.29) is 17.2 Å². The molecule has 0 radical (unpaired) electrons. The van der Waals surface area contributed by atoms with Crippen molar-refractivity contribution in [1.29, 1.82) is 0 Å². The van der Waals surface area contributed by atoms with Crippen molar-refractivity contribution in [2.45, 2.75) is 78.2 Å². The number of carbonyl (C=O) groups is 1. The number of H-pyrrole nitrogens is 1. The molecular formula is C30H42N4O4. The summed E-state index contributed by atoms with van der Waals surface area (Å²) in [5, 5.41) is 8.47. The third kappa shape index (κ3) is 10.7. The Morgan fingerprint density at radius 1 is 0.895 bits per heavy atom. The number of hydrogen-bond donors (Lipinski definition) is 2. The Bertz CT molecular complexity index is 1290. The second-order valence-corrected chi connectivity index (χ2v) is 9.83. The van der Waals surface area contributed by atoms with Crippen LogP contribution < -0.4 is 11.2 Å². The standard InChI is InChI=1S/C30H42N4O4/c1-24(2)23-34-28-27(29(37)33(3)30(34)38)31-25(32-28)21-19-17-15-13-11-9-7-5-4-6-8-10-12-14-16-18-20-22-26(35)36/h4,6,8,10,12,14,16,18,20,22,24H,5,7,9,11,13,15,17,19,21,23H2,1-3H3,(H,31,32)(H,35,36). The lowest BCUT2D eigenvalue weighted by Gasteiger charge is -2.10. The Balaban J connectivity index is 1.60. The molecule has 0 aliphatic heterocycles. The monoisotopic (exact) mass is 522 g/mol. The second-order valence-electron chi connectivity index (χ2n) is 9.83. The van der Waals surface area contributed by atoms with Crippen LogP contribution in [-0.4, -0.2) is 30.2 Å². The number of nitrogens with one attached hydrogen (secondary N) is 1. The number of carboxylic acid groups (broad SMARTS) is 1. The summed E-state index contributed by atoms with van der Waals surface area (Å²) in [7, 11) is 1.52. The van der Waals surface area contributed by atoms with Gasteiger partial charge >= 0.3 is 11.7 Å². The lowest BCUT2D eigenvalue weighted by atomic mass is 10.1. The van der Waals surface area contributed by atoms with Gasteiger partial charge in [0.25, 0.3) is 5.56 Å². The molecule has 0 atom stereocenters. The maximum atomic E-state index is 12.5. The van der Waals surface area contributed by atoms with Crippen LogP contribution in [0.2, 0.25) is 0 Å². The lowest BCUT2D eigenvalue weighted by molar-refractivity contribution is -0.131. The largest absolute Gasteiger partial charge is 0.478 e. The maximum Gasteiger partial charge on any atom is 0.332 e. The molecule has 0 fully saturated rings. The highest BCUT2D eigenvalue weighted by Crippen LogP contribution is 2.13. The number of aromatic nitrogens is 4. The van der Waals surface area contributed by atoms with Crippen molar-refractivity contribution in [1.82, 2.24) is 19.1 Å². The Labute approximate surface area is 224 Å². The van der Waals surface area contributed by atoms with Crippen LogP contribution >= 0.6 is 0 Å². The molecule has 0 aliphatic carbocycles. The molecule has 0 aromatic carbocycles. The highest BCUT2D eigenvalue weighted by Gasteiger charge is 2.16. The van der Waals surface area contributed by atoms with E-state index in [1.807, 2.05) is 38.2 Å². The van der Waals surface area contributed by atoms with Crippen molar-refractivity contribution in [2.24, 2.45) is 13.0 Å². The maximum absolute atomic E-state index is 12.5. The summed E-state index contributed by atoms with van der Waals surface area (Å²) in [4.78, 5) is 43.1. The zero-order valence-electron chi connectivity index (χ0n) is 22.9. The van der Waals surface area contributed by atoms with Crippen LogP contribution in [0.1, 0.15) is 71.0 Å². The van der Waals surface area contributed by atoms with Gasteiger partial charge in [-0.25, -0.2) is 14.6 Å². The normalized spacial score (nSPS) is 12.7. The van der Waals surface area contributed by atoms with E-state index in [4.69, 9.17) is 5.11 Å². The molecule has 0 aliphatic rings. The number of hydrogen-bond acceptors (Lipinski definition) is 4. The number of unbranched alkanes of at least 4 members (excludes halogenated alkanes) is 7. The molecule has 2 aromatic rings. The second kappa shape index (κ2) is 16.9. The van der Waals surface area contributed by atoms with Gasteiger partial charge in [-0.2, -0.15) is 0 Å². The summed E-state index contributed by atoms with van der Waals surface area (Å²) >= 11 is 0. The minimum Gasteiger partial charge on any atom is -0.478 e. The van der Waals surface area contributed by atoms with Gasteiger partial charge in [-0.15, -0.1) is 0 Å². The molecule has 0 saturated heterocycles. The van der Waals surface area contributed by atoms with Gasteiger partial charge in [0.05, 0.1) is 0 Å². The number of carboxylic acids is 1. The number of imidazole rings is 1. The molecule has 206 valence electrons. The van der Waals surface area contributed by atoms with E-state index in [1.165, 1.54) is 45.2 Å². The molecule has 2 rings (SSSR count). The fourth-order valence-corrected chi connectivity index (χ4v) is 4.07. The van der Waals surface area contributed by atoms with Crippen LogP contribution in [0, 0.1) is 5.92 Å². The topological polar surface area (TPSA) is 110 Å². The van der Waals surface area contributed by atoms with Crippen molar-refractivity contribution in [3.63, 3.8) is 0 Å². The Morgan fingerprint density at radius 2 is 1.47 bits per heavy atom. The van der Waals surface area contributed by atoms with E-state index < -0.39 is 5.97 Å². The van der Waals surface area contributed by atoms with Gasteiger partial charge in [-0.3, -0.25) is 13.9 Å². The number of aryl methyl sites for hydroxylation is 1. The van der Waals surface area contributed by atoms with Crippen LogP contribution in [0.4, 0.5) is 0 Å². The van der Waals surface area contributed by atoms with Gasteiger partial charge in [0.1, 0.15) is 11.3 Å². The van der Waals surface area contributed by atoms with Gasteiger partial charge in [0, 0.05) is 26.1 Å². The Hall–Kier alpha value is -3.68. The van der Waals surface area contributed by atoms with Crippen LogP contribution in [0.15, 0.2) is 70.3 Å². The Morgan fingerprint density at radius 3 is 2.11 bits per heavy atom. The first-order chi connectivity index (χ1) is 18.3. The fourth-order valence-electron chi connectivity index (χ4n) is 4.07. The fraction of sp³-hybridized carbons (Fsp3) is 0.467. The quantitative estimate of drug-likeness (QED) is 0.159. The van der Waals surface area contributed by atoms with E-state index in [0.29, 0.717) is 17.7 Å². The van der Waals surface area contributed by atoms with E-state index in [2.05, 4.69) is 22.1 Å². The number of rotatable bonds is 17. The molecule has 0 saturated carbocycles. The number of nitrogens with zero attached hydrogens (tertiary/aromatic N) is 3. The minimum absolute atomic E-state index is 0.278. The highest BCUT2D eigenvalue weighted by molar-refractivity contribution is 5.80. The number of allylic oxidation sites excluding steroid dienone is 9. The lowest BCUT2D eigenvalue weighted by Crippen LogP contribution is -2.38. The van der Waals surface area contributed by atoms with E-state index >= 15 is 0 Å². The SMILES string of the molecule is CC(C)Cn1c(=O)n(C)c(=O)c2[nH]c(CCCCCCCCCC=CC=CC=CC=CC=CC(=O)O)nc21. The molecule has 38 heavy (non-hydrogen) atoms. The first-order valence-electron chi connectivity index (χ1n) is 13.6. The first kappa shape index (κ1) is 30.5. The van der Waals surface area contributed by atoms with Gasteiger partial charge < -0.3 is 10.1 Å². The van der Waals surface area contributed by atoms with Gasteiger partial charge in [-0.1, -0.05) is 101 Å². The van der Waals surface area contributed by atoms with E-state index in [0.717, 1.165) is 42.2 Å². The molecule has 0 amide bonds. The van der Waals surface area contributed by atoms with Crippen LogP contribution in [0.25, 0.3) is 11.2 Å². The van der Waals surface area contributed by atoms with Crippen molar-refractivity contribution in [3.8, 4) is 0 Å². The Kier molecular flexibility index (Phi) is 13.6. The molecule has 0 unspecified atom stereocenters.